The van der Waals surface area contributed by atoms with E-state index in [1.807, 2.05) is 6.07 Å². The molecule has 7 heteroatoms. The lowest BCUT2D eigenvalue weighted by Gasteiger charge is -2.24. The predicted octanol–water partition coefficient (Wildman–Crippen LogP) is 0.326. The highest BCUT2D eigenvalue weighted by atomic mass is 16.3. The second-order valence-corrected chi connectivity index (χ2v) is 7.10. The van der Waals surface area contributed by atoms with Gasteiger partial charge in [-0.15, -0.1) is 0 Å². The number of quaternary nitrogens is 1. The summed E-state index contributed by atoms with van der Waals surface area (Å²) in [5, 5.41) is 16.7. The summed E-state index contributed by atoms with van der Waals surface area (Å²) < 4.78 is 0. The van der Waals surface area contributed by atoms with E-state index in [0.717, 1.165) is 30.8 Å². The van der Waals surface area contributed by atoms with E-state index in [0.29, 0.717) is 5.71 Å². The van der Waals surface area contributed by atoms with Crippen LogP contribution in [0.1, 0.15) is 51.2 Å². The highest BCUT2D eigenvalue weighted by Gasteiger charge is 2.17. The Morgan fingerprint density at radius 3 is 2.54 bits per heavy atom. The first-order valence-electron chi connectivity index (χ1n) is 9.17. The third-order valence-corrected chi connectivity index (χ3v) is 4.45. The molecule has 4 N–H and O–H groups in total. The lowest BCUT2D eigenvalue weighted by molar-refractivity contribution is -0.918. The number of amides is 2. The van der Waals surface area contributed by atoms with Crippen LogP contribution in [0.5, 0.6) is 5.75 Å². The number of carbonyl (C=O) groups is 2. The summed E-state index contributed by atoms with van der Waals surface area (Å²) in [6, 6.07) is 5.19. The number of phenols is 1. The maximum atomic E-state index is 11.7. The molecule has 0 radical (unpaired) electrons. The largest absolute Gasteiger partial charge is 0.507 e. The molecule has 0 atom stereocenters. The van der Waals surface area contributed by atoms with E-state index in [1.54, 1.807) is 32.9 Å². The molecule has 1 aromatic rings. The zero-order chi connectivity index (χ0) is 19.1. The number of hydrazone groups is 1. The molecule has 1 fully saturated rings. The second-order valence-electron chi connectivity index (χ2n) is 7.10. The van der Waals surface area contributed by atoms with Crippen molar-refractivity contribution in [2.24, 2.45) is 5.10 Å². The van der Waals surface area contributed by atoms with Crippen LogP contribution in [0.4, 0.5) is 0 Å². The van der Waals surface area contributed by atoms with Gasteiger partial charge in [-0.25, -0.2) is 5.43 Å². The number of phenolic OH excluding ortho intramolecular Hbond substituents is 1. The summed E-state index contributed by atoms with van der Waals surface area (Å²) in [6.45, 7) is 8.33. The number of nitrogens with zero attached hydrogens (tertiary/aromatic N) is 1. The number of hydrogen-bond donors (Lipinski definition) is 4. The zero-order valence-electron chi connectivity index (χ0n) is 15.8. The number of rotatable bonds is 5. The average Bonchev–Trinajstić information content (AvgIpc) is 2.61. The summed E-state index contributed by atoms with van der Waals surface area (Å²) in [4.78, 5) is 24.8. The number of hydrogen-bond acceptors (Lipinski definition) is 4. The van der Waals surface area contributed by atoms with Crippen molar-refractivity contribution in [3.05, 3.63) is 29.3 Å². The van der Waals surface area contributed by atoms with Gasteiger partial charge in [-0.1, -0.05) is 0 Å². The topological polar surface area (TPSA) is 95.2 Å². The van der Waals surface area contributed by atoms with Crippen molar-refractivity contribution in [1.82, 2.24) is 10.7 Å². The van der Waals surface area contributed by atoms with E-state index < -0.39 is 11.8 Å². The van der Waals surface area contributed by atoms with Crippen LogP contribution in [0, 0.1) is 0 Å². The average molecular weight is 361 g/mol. The van der Waals surface area contributed by atoms with Crippen LogP contribution in [-0.2, 0) is 16.1 Å². The molecule has 1 saturated heterocycles. The van der Waals surface area contributed by atoms with E-state index >= 15 is 0 Å². The summed E-state index contributed by atoms with van der Waals surface area (Å²) in [5.41, 5.74) is 4.52. The Kier molecular flexibility index (Phi) is 7.15. The molecule has 1 aliphatic heterocycles. The van der Waals surface area contributed by atoms with Gasteiger partial charge in [0.1, 0.15) is 12.3 Å². The molecule has 142 valence electrons. The molecule has 1 aromatic carbocycles. The van der Waals surface area contributed by atoms with E-state index in [2.05, 4.69) is 15.8 Å². The minimum atomic E-state index is -0.796. The van der Waals surface area contributed by atoms with Crippen LogP contribution >= 0.6 is 0 Å². The van der Waals surface area contributed by atoms with E-state index in [1.165, 1.54) is 24.2 Å². The molecule has 1 aliphatic rings. The quantitative estimate of drug-likeness (QED) is 0.346. The molecule has 0 aliphatic carbocycles. The van der Waals surface area contributed by atoms with Gasteiger partial charge < -0.3 is 15.3 Å². The Morgan fingerprint density at radius 2 is 1.88 bits per heavy atom. The van der Waals surface area contributed by atoms with Crippen molar-refractivity contribution in [2.45, 2.75) is 52.6 Å². The Labute approximate surface area is 154 Å². The first kappa shape index (κ1) is 19.9. The minimum absolute atomic E-state index is 0.115. The summed E-state index contributed by atoms with van der Waals surface area (Å²) in [6.07, 6.45) is 3.73. The molecular weight excluding hydrogens is 332 g/mol. The van der Waals surface area contributed by atoms with Gasteiger partial charge in [0.15, 0.2) is 0 Å². The highest BCUT2D eigenvalue weighted by molar-refractivity contribution is 6.35. The number of likely N-dealkylation sites (tertiary alicyclic amines) is 1. The third kappa shape index (κ3) is 5.84. The fraction of sp³-hybridized carbons (Fsp3) is 0.526. The van der Waals surface area contributed by atoms with Crippen LogP contribution in [0.3, 0.4) is 0 Å². The van der Waals surface area contributed by atoms with Crippen LogP contribution < -0.4 is 15.6 Å². The van der Waals surface area contributed by atoms with Crippen molar-refractivity contribution in [2.75, 3.05) is 13.1 Å². The van der Waals surface area contributed by atoms with Gasteiger partial charge >= 0.3 is 11.8 Å². The van der Waals surface area contributed by atoms with Crippen LogP contribution in [-0.4, -0.2) is 41.8 Å². The summed E-state index contributed by atoms with van der Waals surface area (Å²) in [7, 11) is 0. The van der Waals surface area contributed by atoms with Gasteiger partial charge in [-0.05, 0) is 63.8 Å². The number of benzene rings is 1. The summed E-state index contributed by atoms with van der Waals surface area (Å²) >= 11 is 0. The molecule has 1 heterocycles. The molecule has 0 bridgehead atoms. The number of carbonyl (C=O) groups excluding carboxylic acids is 2. The van der Waals surface area contributed by atoms with Gasteiger partial charge in [0.25, 0.3) is 0 Å². The normalized spacial score (nSPS) is 15.8. The Morgan fingerprint density at radius 1 is 1.19 bits per heavy atom. The lowest BCUT2D eigenvalue weighted by atomic mass is 10.0. The minimum Gasteiger partial charge on any atom is -0.507 e. The highest BCUT2D eigenvalue weighted by Crippen LogP contribution is 2.18. The van der Waals surface area contributed by atoms with Crippen LogP contribution in [0.2, 0.25) is 0 Å². The Hall–Kier alpha value is -2.41. The number of aromatic hydroxyl groups is 1. The van der Waals surface area contributed by atoms with Gasteiger partial charge in [0, 0.05) is 11.6 Å². The maximum absolute atomic E-state index is 11.7. The summed E-state index contributed by atoms with van der Waals surface area (Å²) in [5.74, 6) is -1.23. The zero-order valence-corrected chi connectivity index (χ0v) is 15.8. The standard InChI is InChI=1S/C19H28N4O3/c1-13(2)20-18(25)19(26)22-21-14(3)15-7-8-17(24)16(11-15)12-23-9-5-4-6-10-23/h7-8,11,13,24H,4-6,9-10,12H2,1-3H3,(H,20,25)(H,22,26)/p+1/b21-14+. The van der Waals surface area contributed by atoms with Crippen molar-refractivity contribution in [3.8, 4) is 5.75 Å². The van der Waals surface area contributed by atoms with Crippen LogP contribution in [0.15, 0.2) is 23.3 Å². The molecule has 0 unspecified atom stereocenters. The first-order valence-corrected chi connectivity index (χ1v) is 9.17. The van der Waals surface area contributed by atoms with Gasteiger partial charge in [0.05, 0.1) is 18.8 Å². The molecule has 2 amide bonds. The monoisotopic (exact) mass is 361 g/mol. The van der Waals surface area contributed by atoms with Gasteiger partial charge in [-0.3, -0.25) is 9.59 Å². The number of piperidine rings is 1. The van der Waals surface area contributed by atoms with Gasteiger partial charge in [0.2, 0.25) is 0 Å². The van der Waals surface area contributed by atoms with Crippen molar-refractivity contribution >= 4 is 17.5 Å². The number of nitrogens with one attached hydrogen (secondary N) is 3. The molecule has 26 heavy (non-hydrogen) atoms. The molecular formula is C19H29N4O3+. The van der Waals surface area contributed by atoms with Crippen LogP contribution in [0.25, 0.3) is 0 Å². The maximum Gasteiger partial charge on any atom is 0.329 e. The Bertz CT molecular complexity index is 679. The lowest BCUT2D eigenvalue weighted by Crippen LogP contribution is -3.11. The molecule has 7 nitrogen and oxygen atoms in total. The first-order chi connectivity index (χ1) is 12.4. The van der Waals surface area contributed by atoms with Crippen molar-refractivity contribution in [3.63, 3.8) is 0 Å². The second kappa shape index (κ2) is 9.33. The van der Waals surface area contributed by atoms with Crippen molar-refractivity contribution < 1.29 is 19.6 Å². The SMILES string of the molecule is C/C(=N\NC(=O)C(=O)NC(C)C)c1ccc(O)c(C[NH+]2CCCCC2)c1. The fourth-order valence-electron chi connectivity index (χ4n) is 3.03. The molecule has 0 spiro atoms. The van der Waals surface area contributed by atoms with E-state index in [9.17, 15) is 14.7 Å². The molecule has 2 rings (SSSR count). The Balaban J connectivity index is 2.03. The van der Waals surface area contributed by atoms with E-state index in [4.69, 9.17) is 0 Å². The van der Waals surface area contributed by atoms with Crippen molar-refractivity contribution in [1.29, 1.82) is 0 Å². The molecule has 0 aromatic heterocycles. The fourth-order valence-corrected chi connectivity index (χ4v) is 3.03. The predicted molar refractivity (Wildman–Crippen MR) is 100.0 cm³/mol. The third-order valence-electron chi connectivity index (χ3n) is 4.45. The smallest absolute Gasteiger partial charge is 0.329 e. The van der Waals surface area contributed by atoms with Gasteiger partial charge in [-0.2, -0.15) is 5.10 Å². The molecule has 0 saturated carbocycles. The van der Waals surface area contributed by atoms with E-state index in [-0.39, 0.29) is 11.8 Å².